The molecule has 5 rings (SSSR count). The first-order valence-electron chi connectivity index (χ1n) is 11.3. The van der Waals surface area contributed by atoms with Crippen molar-refractivity contribution >= 4 is 56.4 Å². The van der Waals surface area contributed by atoms with E-state index < -0.39 is 5.82 Å². The maximum atomic E-state index is 14.9. The Labute approximate surface area is 215 Å². The lowest BCUT2D eigenvalue weighted by Crippen LogP contribution is -2.41. The summed E-state index contributed by atoms with van der Waals surface area (Å²) in [5, 5.41) is 5.47. The first-order chi connectivity index (χ1) is 17.5. The summed E-state index contributed by atoms with van der Waals surface area (Å²) in [7, 11) is 0. The van der Waals surface area contributed by atoms with Crippen molar-refractivity contribution in [3.05, 3.63) is 83.1 Å². The molecule has 182 valence electrons. The summed E-state index contributed by atoms with van der Waals surface area (Å²) in [6.45, 7) is 1.52. The topological polar surface area (TPSA) is 83.6 Å². The number of benzene rings is 2. The third-order valence-electron chi connectivity index (χ3n) is 5.60. The molecular formula is C26H21FN4O3S2. The van der Waals surface area contributed by atoms with E-state index in [4.69, 9.17) is 17.0 Å². The van der Waals surface area contributed by atoms with E-state index in [2.05, 4.69) is 15.6 Å². The van der Waals surface area contributed by atoms with Crippen molar-refractivity contribution in [2.75, 3.05) is 18.4 Å². The Morgan fingerprint density at radius 2 is 1.89 bits per heavy atom. The summed E-state index contributed by atoms with van der Waals surface area (Å²) in [4.78, 5) is 31.4. The SMILES string of the molecule is O=C(Cc1ccccc1)NC(=S)Nc1ccc(Oc2ccnc3cc(C(=O)N4CCC4)sc23)c(F)c1. The number of amides is 2. The monoisotopic (exact) mass is 520 g/mol. The van der Waals surface area contributed by atoms with Crippen molar-refractivity contribution in [2.45, 2.75) is 12.8 Å². The van der Waals surface area contributed by atoms with Gasteiger partial charge in [-0.05, 0) is 42.4 Å². The van der Waals surface area contributed by atoms with Crippen LogP contribution in [0.3, 0.4) is 0 Å². The highest BCUT2D eigenvalue weighted by Gasteiger charge is 2.24. The zero-order valence-electron chi connectivity index (χ0n) is 19.0. The number of ether oxygens (including phenoxy) is 1. The Bertz CT molecular complexity index is 1450. The third-order valence-corrected chi connectivity index (χ3v) is 6.93. The zero-order chi connectivity index (χ0) is 25.1. The lowest BCUT2D eigenvalue weighted by molar-refractivity contribution is -0.119. The van der Waals surface area contributed by atoms with Gasteiger partial charge < -0.3 is 20.3 Å². The van der Waals surface area contributed by atoms with Crippen molar-refractivity contribution in [1.29, 1.82) is 0 Å². The van der Waals surface area contributed by atoms with Crippen molar-refractivity contribution < 1.29 is 18.7 Å². The molecule has 0 atom stereocenters. The number of fused-ring (bicyclic) bond motifs is 1. The van der Waals surface area contributed by atoms with Crippen LogP contribution in [0.5, 0.6) is 11.5 Å². The van der Waals surface area contributed by atoms with Crippen LogP contribution in [-0.2, 0) is 11.2 Å². The van der Waals surface area contributed by atoms with Gasteiger partial charge in [0.25, 0.3) is 5.91 Å². The Morgan fingerprint density at radius 1 is 1.08 bits per heavy atom. The van der Waals surface area contributed by atoms with Gasteiger partial charge in [0, 0.05) is 37.1 Å². The van der Waals surface area contributed by atoms with Gasteiger partial charge in [0.1, 0.15) is 5.75 Å². The minimum Gasteiger partial charge on any atom is -0.453 e. The number of thiocarbonyl (C=S) groups is 1. The predicted molar refractivity (Wildman–Crippen MR) is 141 cm³/mol. The molecule has 0 unspecified atom stereocenters. The molecule has 4 aromatic rings. The van der Waals surface area contributed by atoms with E-state index in [1.165, 1.54) is 23.5 Å². The lowest BCUT2D eigenvalue weighted by atomic mass is 10.1. The Kier molecular flexibility index (Phi) is 6.88. The van der Waals surface area contributed by atoms with Gasteiger partial charge in [-0.15, -0.1) is 11.3 Å². The van der Waals surface area contributed by atoms with E-state index in [0.717, 1.165) is 25.1 Å². The van der Waals surface area contributed by atoms with Crippen LogP contribution in [0, 0.1) is 5.82 Å². The first-order valence-corrected chi connectivity index (χ1v) is 12.5. The van der Waals surface area contributed by atoms with Crippen LogP contribution in [0.25, 0.3) is 10.2 Å². The second-order valence-electron chi connectivity index (χ2n) is 8.19. The predicted octanol–water partition coefficient (Wildman–Crippen LogP) is 5.13. The molecule has 2 amide bonds. The largest absolute Gasteiger partial charge is 0.453 e. The van der Waals surface area contributed by atoms with Crippen molar-refractivity contribution in [1.82, 2.24) is 15.2 Å². The Morgan fingerprint density at radius 3 is 2.61 bits per heavy atom. The summed E-state index contributed by atoms with van der Waals surface area (Å²) in [6, 6.07) is 17.0. The number of hydrogen-bond acceptors (Lipinski definition) is 6. The van der Waals surface area contributed by atoms with Gasteiger partial charge >= 0.3 is 0 Å². The number of carbonyl (C=O) groups excluding carboxylic acids is 2. The molecule has 0 aliphatic carbocycles. The summed E-state index contributed by atoms with van der Waals surface area (Å²) in [5.41, 5.74) is 1.85. The van der Waals surface area contributed by atoms with Gasteiger partial charge in [-0.25, -0.2) is 4.39 Å². The molecule has 2 aromatic heterocycles. The van der Waals surface area contributed by atoms with Gasteiger partial charge in [0.05, 0.1) is 21.5 Å². The Balaban J connectivity index is 1.24. The maximum absolute atomic E-state index is 14.9. The number of halogens is 1. The van der Waals surface area contributed by atoms with E-state index >= 15 is 0 Å². The van der Waals surface area contributed by atoms with Crippen molar-refractivity contribution in [3.8, 4) is 11.5 Å². The smallest absolute Gasteiger partial charge is 0.264 e. The fourth-order valence-corrected chi connectivity index (χ4v) is 4.94. The molecule has 0 saturated carbocycles. The van der Waals surface area contributed by atoms with E-state index in [1.54, 1.807) is 29.3 Å². The molecule has 1 saturated heterocycles. The molecule has 0 spiro atoms. The molecule has 3 heterocycles. The molecule has 10 heteroatoms. The van der Waals surface area contributed by atoms with Crippen LogP contribution >= 0.6 is 23.6 Å². The van der Waals surface area contributed by atoms with Gasteiger partial charge in [-0.3, -0.25) is 14.6 Å². The van der Waals surface area contributed by atoms with Gasteiger partial charge in [0.2, 0.25) is 5.91 Å². The van der Waals surface area contributed by atoms with Gasteiger partial charge in [0.15, 0.2) is 16.7 Å². The van der Waals surface area contributed by atoms with Crippen molar-refractivity contribution in [2.24, 2.45) is 0 Å². The minimum atomic E-state index is -0.614. The minimum absolute atomic E-state index is 0.0103. The average Bonchev–Trinajstić information content (AvgIpc) is 3.26. The lowest BCUT2D eigenvalue weighted by Gasteiger charge is -2.30. The Hall–Kier alpha value is -3.89. The summed E-state index contributed by atoms with van der Waals surface area (Å²) in [5.74, 6) is -0.490. The zero-order valence-corrected chi connectivity index (χ0v) is 20.6. The molecule has 36 heavy (non-hydrogen) atoms. The molecule has 0 radical (unpaired) electrons. The first kappa shape index (κ1) is 23.8. The van der Waals surface area contributed by atoms with Gasteiger partial charge in [-0.1, -0.05) is 30.3 Å². The van der Waals surface area contributed by atoms with Crippen LogP contribution in [-0.4, -0.2) is 39.9 Å². The fraction of sp³-hybridized carbons (Fsp3) is 0.154. The van der Waals surface area contributed by atoms with Crippen LogP contribution in [0.1, 0.15) is 21.7 Å². The number of hydrogen-bond donors (Lipinski definition) is 2. The van der Waals surface area contributed by atoms with Crippen LogP contribution < -0.4 is 15.4 Å². The summed E-state index contributed by atoms with van der Waals surface area (Å²) >= 11 is 6.47. The molecule has 1 fully saturated rings. The highest BCUT2D eigenvalue weighted by atomic mass is 32.1. The van der Waals surface area contributed by atoms with Gasteiger partial charge in [-0.2, -0.15) is 0 Å². The summed E-state index contributed by atoms with van der Waals surface area (Å²) < 4.78 is 21.4. The number of thiophene rings is 1. The number of nitrogens with zero attached hydrogens (tertiary/aromatic N) is 2. The number of carbonyl (C=O) groups is 2. The average molecular weight is 521 g/mol. The molecule has 1 aliphatic heterocycles. The van der Waals surface area contributed by atoms with E-state index in [0.29, 0.717) is 26.5 Å². The van der Waals surface area contributed by atoms with E-state index in [1.807, 2.05) is 30.3 Å². The highest BCUT2D eigenvalue weighted by molar-refractivity contribution is 7.80. The van der Waals surface area contributed by atoms with E-state index in [9.17, 15) is 14.0 Å². The molecule has 2 aromatic carbocycles. The number of aromatic nitrogens is 1. The maximum Gasteiger partial charge on any atom is 0.264 e. The van der Waals surface area contributed by atoms with Crippen LogP contribution in [0.2, 0.25) is 0 Å². The quantitative estimate of drug-likeness (QED) is 0.343. The number of nitrogens with one attached hydrogen (secondary N) is 2. The highest BCUT2D eigenvalue weighted by Crippen LogP contribution is 2.36. The number of likely N-dealkylation sites (tertiary alicyclic amines) is 1. The second kappa shape index (κ2) is 10.4. The number of pyridine rings is 1. The number of rotatable bonds is 6. The molecule has 1 aliphatic rings. The standard InChI is InChI=1S/C26H21FN4O3S2/c27-18-14-17(29-26(35)30-23(32)13-16-5-2-1-3-6-16)7-8-20(18)34-21-9-10-28-19-15-22(36-24(19)21)25(33)31-11-4-12-31/h1-3,5-10,14-15H,4,11-13H2,(H2,29,30,32,35). The van der Waals surface area contributed by atoms with Crippen LogP contribution in [0.15, 0.2) is 66.9 Å². The van der Waals surface area contributed by atoms with E-state index in [-0.39, 0.29) is 29.1 Å². The normalized spacial score (nSPS) is 12.6. The molecule has 0 bridgehead atoms. The fourth-order valence-electron chi connectivity index (χ4n) is 3.67. The molecule has 7 nitrogen and oxygen atoms in total. The number of anilines is 1. The summed E-state index contributed by atoms with van der Waals surface area (Å²) in [6.07, 6.45) is 2.75. The van der Waals surface area contributed by atoms with Crippen molar-refractivity contribution in [3.63, 3.8) is 0 Å². The molecule has 2 N–H and O–H groups in total. The third kappa shape index (κ3) is 5.34. The molecular weight excluding hydrogens is 499 g/mol. The second-order valence-corrected chi connectivity index (χ2v) is 9.65. The van der Waals surface area contributed by atoms with Crippen LogP contribution in [0.4, 0.5) is 10.1 Å².